The molecule has 1 aromatic carbocycles. The van der Waals surface area contributed by atoms with E-state index in [2.05, 4.69) is 52.2 Å². The number of rotatable bonds is 5. The highest BCUT2D eigenvalue weighted by Crippen LogP contribution is 2.35. The Morgan fingerprint density at radius 3 is 2.67 bits per heavy atom. The second kappa shape index (κ2) is 7.84. The van der Waals surface area contributed by atoms with Crippen molar-refractivity contribution in [3.8, 4) is 11.5 Å². The van der Waals surface area contributed by atoms with Crippen LogP contribution in [-0.2, 0) is 5.41 Å². The highest BCUT2D eigenvalue weighted by atomic mass is 32.2. The van der Waals surface area contributed by atoms with Gasteiger partial charge in [0.25, 0.3) is 0 Å². The van der Waals surface area contributed by atoms with Crippen LogP contribution in [0.2, 0.25) is 0 Å². The lowest BCUT2D eigenvalue weighted by Gasteiger charge is -2.29. The average molecular weight is 387 g/mol. The lowest BCUT2D eigenvalue weighted by molar-refractivity contribution is 0.171. The van der Waals surface area contributed by atoms with Gasteiger partial charge in [0.2, 0.25) is 0 Å². The Kier molecular flexibility index (Phi) is 5.29. The minimum Gasteiger partial charge on any atom is -0.486 e. The Morgan fingerprint density at radius 1 is 1.07 bits per heavy atom. The Bertz CT molecular complexity index is 793. The van der Waals surface area contributed by atoms with Gasteiger partial charge < -0.3 is 19.7 Å². The van der Waals surface area contributed by atoms with Crippen LogP contribution in [0.4, 0.5) is 11.6 Å². The molecule has 1 saturated heterocycles. The molecule has 0 radical (unpaired) electrons. The minimum absolute atomic E-state index is 0.0806. The Morgan fingerprint density at radius 2 is 1.85 bits per heavy atom. The lowest BCUT2D eigenvalue weighted by Crippen LogP contribution is -2.33. The standard InChI is InChI=1S/C20H26N4O2S/c1-20(2,15-3-4-16-17(11-15)26-8-7-25-16)13-21-18-12-19(23-14-22-18)24-5-9-27-10-6-24/h3-4,11-12,14H,5-10,13H2,1-2H3,(H,21,22,23). The first-order valence-corrected chi connectivity index (χ1v) is 10.6. The fourth-order valence-electron chi connectivity index (χ4n) is 3.29. The van der Waals surface area contributed by atoms with E-state index in [0.717, 1.165) is 54.3 Å². The molecule has 0 saturated carbocycles. The molecule has 27 heavy (non-hydrogen) atoms. The number of nitrogens with one attached hydrogen (secondary N) is 1. The molecule has 4 rings (SSSR count). The van der Waals surface area contributed by atoms with Crippen LogP contribution in [0, 0.1) is 0 Å². The fourth-order valence-corrected chi connectivity index (χ4v) is 4.19. The third-order valence-electron chi connectivity index (χ3n) is 5.02. The van der Waals surface area contributed by atoms with Crippen LogP contribution < -0.4 is 19.7 Å². The third kappa shape index (κ3) is 4.24. The molecule has 1 N–H and O–H groups in total. The summed E-state index contributed by atoms with van der Waals surface area (Å²) in [4.78, 5) is 11.2. The summed E-state index contributed by atoms with van der Waals surface area (Å²) in [5.74, 6) is 5.84. The van der Waals surface area contributed by atoms with Gasteiger partial charge >= 0.3 is 0 Å². The van der Waals surface area contributed by atoms with Crippen molar-refractivity contribution in [3.05, 3.63) is 36.2 Å². The maximum atomic E-state index is 5.73. The van der Waals surface area contributed by atoms with Gasteiger partial charge in [-0.25, -0.2) is 9.97 Å². The van der Waals surface area contributed by atoms with Crippen molar-refractivity contribution in [1.82, 2.24) is 9.97 Å². The summed E-state index contributed by atoms with van der Waals surface area (Å²) < 4.78 is 11.4. The first-order valence-electron chi connectivity index (χ1n) is 9.41. The first-order chi connectivity index (χ1) is 13.1. The fraction of sp³-hybridized carbons (Fsp3) is 0.500. The van der Waals surface area contributed by atoms with Crippen molar-refractivity contribution in [2.45, 2.75) is 19.3 Å². The van der Waals surface area contributed by atoms with Gasteiger partial charge in [-0.05, 0) is 17.7 Å². The smallest absolute Gasteiger partial charge is 0.161 e. The third-order valence-corrected chi connectivity index (χ3v) is 5.97. The van der Waals surface area contributed by atoms with Gasteiger partial charge in [0.05, 0.1) is 0 Å². The van der Waals surface area contributed by atoms with Crippen LogP contribution in [0.5, 0.6) is 11.5 Å². The first kappa shape index (κ1) is 18.2. The molecule has 0 spiro atoms. The summed E-state index contributed by atoms with van der Waals surface area (Å²) in [6.45, 7) is 8.51. The van der Waals surface area contributed by atoms with Crippen LogP contribution in [0.1, 0.15) is 19.4 Å². The van der Waals surface area contributed by atoms with E-state index < -0.39 is 0 Å². The van der Waals surface area contributed by atoms with Gasteiger partial charge in [-0.1, -0.05) is 19.9 Å². The molecule has 144 valence electrons. The summed E-state index contributed by atoms with van der Waals surface area (Å²) in [6, 6.07) is 8.26. The van der Waals surface area contributed by atoms with Crippen molar-refractivity contribution in [1.29, 1.82) is 0 Å². The number of aromatic nitrogens is 2. The molecule has 2 aliphatic rings. The van der Waals surface area contributed by atoms with Gasteiger partial charge in [0.1, 0.15) is 31.2 Å². The van der Waals surface area contributed by atoms with E-state index in [1.165, 1.54) is 5.56 Å². The summed E-state index contributed by atoms with van der Waals surface area (Å²) in [7, 11) is 0. The second-order valence-electron chi connectivity index (χ2n) is 7.46. The van der Waals surface area contributed by atoms with Crippen molar-refractivity contribution >= 4 is 23.4 Å². The van der Waals surface area contributed by atoms with Crippen molar-refractivity contribution in [2.24, 2.45) is 0 Å². The monoisotopic (exact) mass is 386 g/mol. The molecule has 0 aliphatic carbocycles. The molecule has 7 heteroatoms. The van der Waals surface area contributed by atoms with E-state index in [0.29, 0.717) is 13.2 Å². The number of thioether (sulfide) groups is 1. The molecule has 6 nitrogen and oxygen atoms in total. The number of nitrogens with zero attached hydrogens (tertiary/aromatic N) is 3. The zero-order valence-corrected chi connectivity index (χ0v) is 16.7. The highest BCUT2D eigenvalue weighted by Gasteiger charge is 2.24. The largest absolute Gasteiger partial charge is 0.486 e. The van der Waals surface area contributed by atoms with E-state index >= 15 is 0 Å². The maximum Gasteiger partial charge on any atom is 0.161 e. The summed E-state index contributed by atoms with van der Waals surface area (Å²) >= 11 is 2.00. The van der Waals surface area contributed by atoms with Crippen LogP contribution in [0.3, 0.4) is 0 Å². The van der Waals surface area contributed by atoms with Gasteiger partial charge in [-0.15, -0.1) is 0 Å². The van der Waals surface area contributed by atoms with E-state index in [1.54, 1.807) is 6.33 Å². The van der Waals surface area contributed by atoms with Crippen molar-refractivity contribution < 1.29 is 9.47 Å². The highest BCUT2D eigenvalue weighted by molar-refractivity contribution is 7.99. The van der Waals surface area contributed by atoms with Crippen LogP contribution in [0.25, 0.3) is 0 Å². The molecule has 2 aliphatic heterocycles. The Hall–Kier alpha value is -2.15. The SMILES string of the molecule is CC(C)(CNc1cc(N2CCSCC2)ncn1)c1ccc2c(c1)OCCO2. The maximum absolute atomic E-state index is 5.73. The predicted octanol–water partition coefficient (Wildman–Crippen LogP) is 3.19. The molecule has 0 atom stereocenters. The number of hydrogen-bond donors (Lipinski definition) is 1. The number of benzene rings is 1. The van der Waals surface area contributed by atoms with Crippen LogP contribution >= 0.6 is 11.8 Å². The number of hydrogen-bond acceptors (Lipinski definition) is 7. The topological polar surface area (TPSA) is 59.5 Å². The van der Waals surface area contributed by atoms with E-state index in [-0.39, 0.29) is 5.41 Å². The zero-order chi connectivity index (χ0) is 18.7. The van der Waals surface area contributed by atoms with Crippen molar-refractivity contribution in [2.75, 3.05) is 54.6 Å². The van der Waals surface area contributed by atoms with E-state index in [4.69, 9.17) is 9.47 Å². The Balaban J connectivity index is 1.44. The number of fused-ring (bicyclic) bond motifs is 1. The average Bonchev–Trinajstić information content (AvgIpc) is 2.73. The summed E-state index contributed by atoms with van der Waals surface area (Å²) in [6.07, 6.45) is 1.65. The zero-order valence-electron chi connectivity index (χ0n) is 15.9. The molecule has 2 aromatic rings. The molecule has 0 bridgehead atoms. The summed E-state index contributed by atoms with van der Waals surface area (Å²) in [5.41, 5.74) is 1.13. The van der Waals surface area contributed by atoms with Crippen LogP contribution in [-0.4, -0.2) is 54.3 Å². The lowest BCUT2D eigenvalue weighted by atomic mass is 9.84. The molecular formula is C20H26N4O2S. The molecule has 0 amide bonds. The van der Waals surface area contributed by atoms with Gasteiger partial charge in [-0.2, -0.15) is 11.8 Å². The quantitative estimate of drug-likeness (QED) is 0.847. The van der Waals surface area contributed by atoms with Gasteiger partial charge in [0, 0.05) is 42.6 Å². The molecule has 3 heterocycles. The molecular weight excluding hydrogens is 360 g/mol. The van der Waals surface area contributed by atoms with Gasteiger partial charge in [-0.3, -0.25) is 0 Å². The van der Waals surface area contributed by atoms with E-state index in [9.17, 15) is 0 Å². The van der Waals surface area contributed by atoms with Crippen LogP contribution in [0.15, 0.2) is 30.6 Å². The molecule has 1 fully saturated rings. The van der Waals surface area contributed by atoms with E-state index in [1.807, 2.05) is 17.8 Å². The van der Waals surface area contributed by atoms with Crippen molar-refractivity contribution in [3.63, 3.8) is 0 Å². The summed E-state index contributed by atoms with van der Waals surface area (Å²) in [5, 5.41) is 3.49. The normalized spacial score (nSPS) is 16.9. The molecule has 1 aromatic heterocycles. The number of ether oxygens (including phenoxy) is 2. The predicted molar refractivity (Wildman–Crippen MR) is 111 cm³/mol. The molecule has 0 unspecified atom stereocenters. The number of anilines is 2. The second-order valence-corrected chi connectivity index (χ2v) is 8.68. The van der Waals surface area contributed by atoms with Gasteiger partial charge in [0.15, 0.2) is 11.5 Å². The minimum atomic E-state index is -0.0806. The Labute approximate surface area is 164 Å².